The maximum Gasteiger partial charge on any atom is 0.0725 e. The summed E-state index contributed by atoms with van der Waals surface area (Å²) < 4.78 is 0. The van der Waals surface area contributed by atoms with Crippen LogP contribution in [0, 0.1) is 17.3 Å². The molecule has 0 radical (unpaired) electrons. The summed E-state index contributed by atoms with van der Waals surface area (Å²) in [6.45, 7) is 8.52. The van der Waals surface area contributed by atoms with Crippen LogP contribution in [0.15, 0.2) is 0 Å². The number of aliphatic hydroxyl groups excluding tert-OH is 1. The Bertz CT molecular complexity index is 205. The summed E-state index contributed by atoms with van der Waals surface area (Å²) in [7, 11) is 0. The molecule has 0 saturated heterocycles. The molecule has 0 aromatic carbocycles. The van der Waals surface area contributed by atoms with Crippen molar-refractivity contribution in [2.45, 2.75) is 59.0 Å². The van der Waals surface area contributed by atoms with Gasteiger partial charge in [-0.1, -0.05) is 27.7 Å². The molecular formula is C13H26O2. The lowest BCUT2D eigenvalue weighted by atomic mass is 9.60. The zero-order valence-corrected chi connectivity index (χ0v) is 10.6. The third-order valence-electron chi connectivity index (χ3n) is 4.77. The zero-order valence-electron chi connectivity index (χ0n) is 10.6. The van der Waals surface area contributed by atoms with Crippen molar-refractivity contribution in [2.75, 3.05) is 6.61 Å². The van der Waals surface area contributed by atoms with Gasteiger partial charge >= 0.3 is 0 Å². The van der Waals surface area contributed by atoms with E-state index in [9.17, 15) is 10.2 Å². The van der Waals surface area contributed by atoms with Gasteiger partial charge in [-0.2, -0.15) is 0 Å². The highest BCUT2D eigenvalue weighted by molar-refractivity contribution is 4.99. The van der Waals surface area contributed by atoms with Crippen LogP contribution in [-0.2, 0) is 0 Å². The normalized spacial score (nSPS) is 36.6. The first kappa shape index (κ1) is 13.0. The largest absolute Gasteiger partial charge is 0.396 e. The predicted octanol–water partition coefficient (Wildman–Crippen LogP) is 2.58. The van der Waals surface area contributed by atoms with Crippen molar-refractivity contribution < 1.29 is 10.2 Å². The van der Waals surface area contributed by atoms with Crippen LogP contribution in [0.5, 0.6) is 0 Å². The highest BCUT2D eigenvalue weighted by atomic mass is 16.3. The minimum Gasteiger partial charge on any atom is -0.396 e. The highest BCUT2D eigenvalue weighted by Crippen LogP contribution is 2.47. The van der Waals surface area contributed by atoms with Crippen LogP contribution in [0.2, 0.25) is 0 Å². The molecule has 1 saturated carbocycles. The first-order valence-corrected chi connectivity index (χ1v) is 6.19. The average molecular weight is 214 g/mol. The molecule has 1 unspecified atom stereocenters. The van der Waals surface area contributed by atoms with Gasteiger partial charge in [-0.3, -0.25) is 0 Å². The van der Waals surface area contributed by atoms with Crippen LogP contribution in [0.1, 0.15) is 53.4 Å². The summed E-state index contributed by atoms with van der Waals surface area (Å²) in [6, 6.07) is 0. The molecule has 15 heavy (non-hydrogen) atoms. The summed E-state index contributed by atoms with van der Waals surface area (Å²) in [4.78, 5) is 0. The van der Waals surface area contributed by atoms with Crippen molar-refractivity contribution in [1.29, 1.82) is 0 Å². The van der Waals surface area contributed by atoms with Gasteiger partial charge in [0.05, 0.1) is 12.2 Å². The summed E-state index contributed by atoms with van der Waals surface area (Å²) in [5.74, 6) is 1.03. The van der Waals surface area contributed by atoms with E-state index in [1.165, 1.54) is 0 Å². The van der Waals surface area contributed by atoms with E-state index in [-0.39, 0.29) is 12.0 Å². The van der Waals surface area contributed by atoms with Gasteiger partial charge in [-0.15, -0.1) is 0 Å². The molecule has 0 aromatic heterocycles. The van der Waals surface area contributed by atoms with Crippen LogP contribution in [0.25, 0.3) is 0 Å². The first-order valence-electron chi connectivity index (χ1n) is 6.19. The van der Waals surface area contributed by atoms with Gasteiger partial charge in [-0.05, 0) is 37.5 Å². The van der Waals surface area contributed by atoms with Crippen LogP contribution in [0.3, 0.4) is 0 Å². The number of aliphatic hydroxyl groups is 2. The Morgan fingerprint density at radius 2 is 1.80 bits per heavy atom. The summed E-state index contributed by atoms with van der Waals surface area (Å²) in [5, 5.41) is 20.3. The molecule has 1 aliphatic carbocycles. The van der Waals surface area contributed by atoms with Crippen molar-refractivity contribution in [3.8, 4) is 0 Å². The van der Waals surface area contributed by atoms with Gasteiger partial charge in [-0.25, -0.2) is 0 Å². The quantitative estimate of drug-likeness (QED) is 0.758. The fourth-order valence-corrected chi connectivity index (χ4v) is 2.68. The Kier molecular flexibility index (Phi) is 3.83. The standard InChI is InChI=1S/C13H26O2/c1-10(2)12(4,9-14)13(15)7-5-11(3)6-8-13/h10-11,14-15H,5-9H2,1-4H3. The summed E-state index contributed by atoms with van der Waals surface area (Å²) in [6.07, 6.45) is 3.84. The number of hydrogen-bond acceptors (Lipinski definition) is 2. The zero-order chi connectivity index (χ0) is 11.7. The monoisotopic (exact) mass is 214 g/mol. The Labute approximate surface area is 93.7 Å². The second kappa shape index (κ2) is 4.42. The SMILES string of the molecule is CC1CCC(O)(C(C)(CO)C(C)C)CC1. The van der Waals surface area contributed by atoms with E-state index in [0.717, 1.165) is 31.6 Å². The third kappa shape index (κ3) is 2.21. The first-order chi connectivity index (χ1) is 6.85. The molecule has 0 aromatic rings. The minimum absolute atomic E-state index is 0.0789. The van der Waals surface area contributed by atoms with Gasteiger partial charge in [0.15, 0.2) is 0 Å². The van der Waals surface area contributed by atoms with Crippen molar-refractivity contribution >= 4 is 0 Å². The Balaban J connectivity index is 2.83. The van der Waals surface area contributed by atoms with Crippen molar-refractivity contribution in [1.82, 2.24) is 0 Å². The predicted molar refractivity (Wildman–Crippen MR) is 62.6 cm³/mol. The Morgan fingerprint density at radius 1 is 1.33 bits per heavy atom. The van der Waals surface area contributed by atoms with Gasteiger partial charge in [0.1, 0.15) is 0 Å². The average Bonchev–Trinajstić information content (AvgIpc) is 2.21. The topological polar surface area (TPSA) is 40.5 Å². The van der Waals surface area contributed by atoms with E-state index in [0.29, 0.717) is 5.92 Å². The maximum atomic E-state index is 10.7. The molecule has 0 aliphatic heterocycles. The molecule has 1 atom stereocenters. The third-order valence-corrected chi connectivity index (χ3v) is 4.77. The van der Waals surface area contributed by atoms with Crippen LogP contribution < -0.4 is 0 Å². The molecule has 0 heterocycles. The lowest BCUT2D eigenvalue weighted by Crippen LogP contribution is -2.53. The molecule has 2 N–H and O–H groups in total. The van der Waals surface area contributed by atoms with Crippen molar-refractivity contribution in [3.05, 3.63) is 0 Å². The summed E-state index contributed by atoms with van der Waals surface area (Å²) >= 11 is 0. The van der Waals surface area contributed by atoms with Gasteiger partial charge < -0.3 is 10.2 Å². The maximum absolute atomic E-state index is 10.7. The Hall–Kier alpha value is -0.0800. The van der Waals surface area contributed by atoms with Crippen molar-refractivity contribution in [2.24, 2.45) is 17.3 Å². The van der Waals surface area contributed by atoms with E-state index in [2.05, 4.69) is 20.8 Å². The molecule has 2 heteroatoms. The highest BCUT2D eigenvalue weighted by Gasteiger charge is 2.49. The van der Waals surface area contributed by atoms with Gasteiger partial charge in [0.25, 0.3) is 0 Å². The lowest BCUT2D eigenvalue weighted by molar-refractivity contribution is -0.147. The number of hydrogen-bond donors (Lipinski definition) is 2. The van der Waals surface area contributed by atoms with Gasteiger partial charge in [0, 0.05) is 5.41 Å². The second-order valence-electron chi connectivity index (χ2n) is 5.94. The van der Waals surface area contributed by atoms with Crippen LogP contribution in [-0.4, -0.2) is 22.4 Å². The summed E-state index contributed by atoms with van der Waals surface area (Å²) in [5.41, 5.74) is -1.02. The molecule has 2 nitrogen and oxygen atoms in total. The number of rotatable bonds is 3. The van der Waals surface area contributed by atoms with Crippen molar-refractivity contribution in [3.63, 3.8) is 0 Å². The van der Waals surface area contributed by atoms with E-state index in [1.807, 2.05) is 6.92 Å². The molecule has 1 aliphatic rings. The minimum atomic E-state index is -0.664. The Morgan fingerprint density at radius 3 is 2.13 bits per heavy atom. The van der Waals surface area contributed by atoms with E-state index >= 15 is 0 Å². The van der Waals surface area contributed by atoms with Crippen LogP contribution >= 0.6 is 0 Å². The van der Waals surface area contributed by atoms with E-state index in [4.69, 9.17) is 0 Å². The fourth-order valence-electron chi connectivity index (χ4n) is 2.68. The molecule has 0 bridgehead atoms. The molecule has 1 rings (SSSR count). The van der Waals surface area contributed by atoms with E-state index in [1.54, 1.807) is 0 Å². The lowest BCUT2D eigenvalue weighted by Gasteiger charge is -2.50. The molecule has 90 valence electrons. The van der Waals surface area contributed by atoms with E-state index < -0.39 is 5.60 Å². The smallest absolute Gasteiger partial charge is 0.0725 e. The second-order valence-corrected chi connectivity index (χ2v) is 5.94. The van der Waals surface area contributed by atoms with Crippen LogP contribution in [0.4, 0.5) is 0 Å². The molecule has 0 spiro atoms. The fraction of sp³-hybridized carbons (Fsp3) is 1.00. The molecule has 0 amide bonds. The van der Waals surface area contributed by atoms with Gasteiger partial charge in [0.2, 0.25) is 0 Å². The molecule has 1 fully saturated rings. The molecular weight excluding hydrogens is 188 g/mol.